The first-order chi connectivity index (χ1) is 5.09. The Morgan fingerprint density at radius 2 is 2.55 bits per heavy atom. The van der Waals surface area contributed by atoms with Crippen LogP contribution in [-0.2, 0) is 11.3 Å². The second-order valence-corrected chi connectivity index (χ2v) is 2.23. The molecule has 0 radical (unpaired) electrons. The molecule has 0 saturated heterocycles. The third kappa shape index (κ3) is 1.76. The minimum Gasteiger partial charge on any atom is -0.368 e. The van der Waals surface area contributed by atoms with E-state index in [9.17, 15) is 9.18 Å². The van der Waals surface area contributed by atoms with Crippen LogP contribution in [0.4, 0.5) is 4.39 Å². The second-order valence-electron chi connectivity index (χ2n) is 2.23. The number of amides is 1. The normalized spacial score (nSPS) is 10.0. The molecule has 0 aliphatic rings. The molecule has 1 rings (SSSR count). The summed E-state index contributed by atoms with van der Waals surface area (Å²) in [5.41, 5.74) is 5.46. The lowest BCUT2D eigenvalue weighted by molar-refractivity contribution is -0.118. The molecule has 1 heterocycles. The Labute approximate surface area is 62.8 Å². The van der Waals surface area contributed by atoms with Gasteiger partial charge < -0.3 is 5.73 Å². The molecule has 2 N–H and O–H groups in total. The molecule has 1 aromatic heterocycles. The Morgan fingerprint density at radius 1 is 1.91 bits per heavy atom. The van der Waals surface area contributed by atoms with Crippen molar-refractivity contribution in [3.05, 3.63) is 17.7 Å². The van der Waals surface area contributed by atoms with Gasteiger partial charge in [0.1, 0.15) is 6.54 Å². The van der Waals surface area contributed by atoms with Gasteiger partial charge in [0.05, 0.1) is 0 Å². The van der Waals surface area contributed by atoms with Crippen LogP contribution in [0, 0.1) is 12.9 Å². The zero-order chi connectivity index (χ0) is 8.43. The number of hydrogen-bond donors (Lipinski definition) is 1. The molecule has 0 aliphatic carbocycles. The van der Waals surface area contributed by atoms with Crippen molar-refractivity contribution in [2.75, 3.05) is 0 Å². The van der Waals surface area contributed by atoms with Gasteiger partial charge in [-0.05, 0) is 6.92 Å². The number of nitrogens with zero attached hydrogens (tertiary/aromatic N) is 2. The zero-order valence-electron chi connectivity index (χ0n) is 6.04. The number of carbonyl (C=O) groups excluding carboxylic acids is 1. The van der Waals surface area contributed by atoms with Crippen LogP contribution in [-0.4, -0.2) is 15.7 Å². The third-order valence-electron chi connectivity index (χ3n) is 1.26. The van der Waals surface area contributed by atoms with Crippen LogP contribution in [0.5, 0.6) is 0 Å². The Kier molecular flexibility index (Phi) is 1.89. The fraction of sp³-hybridized carbons (Fsp3) is 0.333. The molecule has 60 valence electrons. The average molecular weight is 157 g/mol. The van der Waals surface area contributed by atoms with Crippen molar-refractivity contribution in [3.63, 3.8) is 0 Å². The van der Waals surface area contributed by atoms with Gasteiger partial charge in [-0.25, -0.2) is 0 Å². The topological polar surface area (TPSA) is 60.9 Å². The van der Waals surface area contributed by atoms with Crippen molar-refractivity contribution in [1.29, 1.82) is 0 Å². The molecule has 5 heteroatoms. The van der Waals surface area contributed by atoms with Gasteiger partial charge in [0.2, 0.25) is 11.9 Å². The lowest BCUT2D eigenvalue weighted by atomic mass is 10.5. The van der Waals surface area contributed by atoms with Crippen molar-refractivity contribution in [2.24, 2.45) is 5.73 Å². The first-order valence-electron chi connectivity index (χ1n) is 3.08. The highest BCUT2D eigenvalue weighted by atomic mass is 19.1. The smallest absolute Gasteiger partial charge is 0.239 e. The van der Waals surface area contributed by atoms with E-state index in [0.29, 0.717) is 5.69 Å². The second kappa shape index (κ2) is 2.69. The summed E-state index contributed by atoms with van der Waals surface area (Å²) in [6, 6.07) is 1.24. The van der Waals surface area contributed by atoms with Gasteiger partial charge in [-0.1, -0.05) is 0 Å². The maximum Gasteiger partial charge on any atom is 0.239 e. The summed E-state index contributed by atoms with van der Waals surface area (Å²) in [4.78, 5) is 10.4. The highest BCUT2D eigenvalue weighted by molar-refractivity contribution is 5.73. The molecule has 4 nitrogen and oxygen atoms in total. The summed E-state index contributed by atoms with van der Waals surface area (Å²) in [5.74, 6) is -1.13. The molecule has 0 bridgehead atoms. The quantitative estimate of drug-likeness (QED) is 0.647. The zero-order valence-corrected chi connectivity index (χ0v) is 6.04. The number of hydrogen-bond acceptors (Lipinski definition) is 2. The summed E-state index contributed by atoms with van der Waals surface area (Å²) >= 11 is 0. The minimum absolute atomic E-state index is 0.0737. The van der Waals surface area contributed by atoms with Gasteiger partial charge >= 0.3 is 0 Å². The summed E-state index contributed by atoms with van der Waals surface area (Å²) in [6.45, 7) is 1.58. The monoisotopic (exact) mass is 157 g/mol. The molecule has 0 aromatic carbocycles. The summed E-state index contributed by atoms with van der Waals surface area (Å²) in [5, 5.41) is 3.40. The first-order valence-corrected chi connectivity index (χ1v) is 3.08. The Balaban J connectivity index is 2.85. The standard InChI is InChI=1S/C6H8FN3O/c1-4-2-5(7)9-10(4)3-6(8)11/h2H,3H2,1H3,(H2,8,11). The summed E-state index contributed by atoms with van der Waals surface area (Å²) in [7, 11) is 0. The fourth-order valence-corrected chi connectivity index (χ4v) is 0.778. The maximum atomic E-state index is 12.4. The van der Waals surface area contributed by atoms with Crippen LogP contribution < -0.4 is 5.73 Å². The lowest BCUT2D eigenvalue weighted by Gasteiger charge is -1.97. The number of rotatable bonds is 2. The number of nitrogens with two attached hydrogens (primary N) is 1. The van der Waals surface area contributed by atoms with Gasteiger partial charge in [0, 0.05) is 11.8 Å². The van der Waals surface area contributed by atoms with E-state index in [1.165, 1.54) is 10.7 Å². The molecule has 11 heavy (non-hydrogen) atoms. The average Bonchev–Trinajstić information content (AvgIpc) is 2.09. The van der Waals surface area contributed by atoms with E-state index < -0.39 is 11.9 Å². The van der Waals surface area contributed by atoms with Crippen LogP contribution in [0.3, 0.4) is 0 Å². The van der Waals surface area contributed by atoms with Gasteiger partial charge in [-0.15, -0.1) is 5.10 Å². The predicted molar refractivity (Wildman–Crippen MR) is 36.1 cm³/mol. The van der Waals surface area contributed by atoms with Gasteiger partial charge in [-0.3, -0.25) is 9.48 Å². The molecular formula is C6H8FN3O. The number of aryl methyl sites for hydroxylation is 1. The van der Waals surface area contributed by atoms with Gasteiger partial charge in [0.15, 0.2) is 0 Å². The number of halogens is 1. The Bertz CT molecular complexity index is 281. The first kappa shape index (κ1) is 7.71. The number of carbonyl (C=O) groups is 1. The summed E-state index contributed by atoms with van der Waals surface area (Å²) in [6.07, 6.45) is 0. The van der Waals surface area contributed by atoms with Crippen molar-refractivity contribution in [2.45, 2.75) is 13.5 Å². The number of primary amides is 1. The SMILES string of the molecule is Cc1cc(F)nn1CC(N)=O. The summed E-state index contributed by atoms with van der Waals surface area (Å²) < 4.78 is 13.6. The third-order valence-corrected chi connectivity index (χ3v) is 1.26. The molecule has 1 amide bonds. The van der Waals surface area contributed by atoms with Gasteiger partial charge in [0.25, 0.3) is 0 Å². The van der Waals surface area contributed by atoms with Crippen LogP contribution in [0.15, 0.2) is 6.07 Å². The highest BCUT2D eigenvalue weighted by Crippen LogP contribution is 1.99. The minimum atomic E-state index is -0.594. The Morgan fingerprint density at radius 3 is 2.91 bits per heavy atom. The van der Waals surface area contributed by atoms with Crippen molar-refractivity contribution in [3.8, 4) is 0 Å². The van der Waals surface area contributed by atoms with E-state index >= 15 is 0 Å². The molecule has 0 aliphatic heterocycles. The highest BCUT2D eigenvalue weighted by Gasteiger charge is 2.04. The van der Waals surface area contributed by atoms with Crippen molar-refractivity contribution >= 4 is 5.91 Å². The fourth-order valence-electron chi connectivity index (χ4n) is 0.778. The predicted octanol–water partition coefficient (Wildman–Crippen LogP) is -0.184. The van der Waals surface area contributed by atoms with E-state index in [1.54, 1.807) is 6.92 Å². The van der Waals surface area contributed by atoms with Crippen LogP contribution in [0.2, 0.25) is 0 Å². The molecule has 0 saturated carbocycles. The largest absolute Gasteiger partial charge is 0.368 e. The van der Waals surface area contributed by atoms with Crippen LogP contribution in [0.1, 0.15) is 5.69 Å². The lowest BCUT2D eigenvalue weighted by Crippen LogP contribution is -2.20. The van der Waals surface area contributed by atoms with Crippen molar-refractivity contribution < 1.29 is 9.18 Å². The van der Waals surface area contributed by atoms with E-state index in [1.807, 2.05) is 0 Å². The Hall–Kier alpha value is -1.39. The molecule has 0 unspecified atom stereocenters. The van der Waals surface area contributed by atoms with Gasteiger partial charge in [-0.2, -0.15) is 4.39 Å². The van der Waals surface area contributed by atoms with Crippen LogP contribution >= 0.6 is 0 Å². The molecular weight excluding hydrogens is 149 g/mol. The molecule has 0 atom stereocenters. The van der Waals surface area contributed by atoms with E-state index in [4.69, 9.17) is 5.73 Å². The molecule has 0 fully saturated rings. The molecule has 0 spiro atoms. The van der Waals surface area contributed by atoms with Crippen molar-refractivity contribution in [1.82, 2.24) is 9.78 Å². The maximum absolute atomic E-state index is 12.4. The van der Waals surface area contributed by atoms with E-state index in [0.717, 1.165) is 0 Å². The van der Waals surface area contributed by atoms with E-state index in [2.05, 4.69) is 5.10 Å². The van der Waals surface area contributed by atoms with Crippen LogP contribution in [0.25, 0.3) is 0 Å². The number of aromatic nitrogens is 2. The van der Waals surface area contributed by atoms with E-state index in [-0.39, 0.29) is 6.54 Å². The molecule has 1 aromatic rings.